The Morgan fingerprint density at radius 3 is 2.53 bits per heavy atom. The molecule has 2 N–H and O–H groups in total. The highest BCUT2D eigenvalue weighted by Gasteiger charge is 1.95. The second-order valence-corrected chi connectivity index (χ2v) is 4.01. The van der Waals surface area contributed by atoms with E-state index in [0.717, 1.165) is 13.1 Å². The van der Waals surface area contributed by atoms with Gasteiger partial charge in [-0.3, -0.25) is 0 Å². The lowest BCUT2D eigenvalue weighted by molar-refractivity contribution is 0.312. The van der Waals surface area contributed by atoms with Crippen molar-refractivity contribution < 1.29 is 9.84 Å². The third-order valence-corrected chi connectivity index (χ3v) is 2.54. The highest BCUT2D eigenvalue weighted by atomic mass is 35.5. The summed E-state index contributed by atoms with van der Waals surface area (Å²) in [5.41, 5.74) is 1.26. The van der Waals surface area contributed by atoms with E-state index in [1.165, 1.54) is 5.56 Å². The maximum atomic E-state index is 9.27. The Labute approximate surface area is 119 Å². The molecule has 0 radical (unpaired) electrons. The molecule has 2 rings (SSSR count). The summed E-state index contributed by atoms with van der Waals surface area (Å²) in [6.07, 6.45) is 0. The lowest BCUT2D eigenvalue weighted by atomic mass is 10.2. The van der Waals surface area contributed by atoms with Crippen molar-refractivity contribution in [3.63, 3.8) is 0 Å². The predicted octanol–water partition coefficient (Wildman–Crippen LogP) is 2.98. The molecular weight excluding hydrogens is 262 g/mol. The van der Waals surface area contributed by atoms with Crippen LogP contribution in [0.5, 0.6) is 11.5 Å². The fourth-order valence-corrected chi connectivity index (χ4v) is 1.64. The second kappa shape index (κ2) is 8.40. The molecule has 3 nitrogen and oxygen atoms in total. The molecule has 0 saturated heterocycles. The van der Waals surface area contributed by atoms with E-state index in [0.29, 0.717) is 12.4 Å². The molecule has 102 valence electrons. The van der Waals surface area contributed by atoms with Crippen LogP contribution in [0.1, 0.15) is 5.56 Å². The summed E-state index contributed by atoms with van der Waals surface area (Å²) in [5, 5.41) is 12.6. The van der Waals surface area contributed by atoms with E-state index in [9.17, 15) is 5.11 Å². The van der Waals surface area contributed by atoms with Crippen LogP contribution < -0.4 is 10.1 Å². The van der Waals surface area contributed by atoms with Gasteiger partial charge < -0.3 is 15.2 Å². The highest BCUT2D eigenvalue weighted by Crippen LogP contribution is 2.17. The summed E-state index contributed by atoms with van der Waals surface area (Å²) < 4.78 is 5.50. The number of halogens is 1. The first-order chi connectivity index (χ1) is 8.84. The van der Waals surface area contributed by atoms with Gasteiger partial charge in [-0.1, -0.05) is 36.4 Å². The molecule has 0 aliphatic carbocycles. The number of ether oxygens (including phenoxy) is 1. The predicted molar refractivity (Wildman–Crippen MR) is 79.0 cm³/mol. The van der Waals surface area contributed by atoms with Crippen LogP contribution in [0, 0.1) is 0 Å². The van der Waals surface area contributed by atoms with E-state index < -0.39 is 0 Å². The molecule has 0 aliphatic heterocycles. The summed E-state index contributed by atoms with van der Waals surface area (Å²) in [5.74, 6) is 0.918. The molecule has 4 heteroatoms. The molecule has 0 aliphatic rings. The third kappa shape index (κ3) is 5.64. The van der Waals surface area contributed by atoms with Gasteiger partial charge in [0.05, 0.1) is 0 Å². The second-order valence-electron chi connectivity index (χ2n) is 4.01. The van der Waals surface area contributed by atoms with Gasteiger partial charge in [-0.15, -0.1) is 12.4 Å². The Bertz CT molecular complexity index is 477. The average molecular weight is 280 g/mol. The number of hydrogen-bond donors (Lipinski definition) is 2. The van der Waals surface area contributed by atoms with Crippen LogP contribution >= 0.6 is 12.4 Å². The maximum absolute atomic E-state index is 9.27. The first-order valence-corrected chi connectivity index (χ1v) is 6.01. The number of phenols is 1. The van der Waals surface area contributed by atoms with E-state index in [1.807, 2.05) is 24.3 Å². The van der Waals surface area contributed by atoms with Gasteiger partial charge in [0.25, 0.3) is 0 Å². The first kappa shape index (κ1) is 15.3. The molecule has 0 atom stereocenters. The van der Waals surface area contributed by atoms with Crippen molar-refractivity contribution in [3.05, 3.63) is 60.2 Å². The van der Waals surface area contributed by atoms with Gasteiger partial charge in [0.2, 0.25) is 0 Å². The molecule has 0 bridgehead atoms. The minimum atomic E-state index is 0. The molecule has 0 aromatic heterocycles. The Kier molecular flexibility index (Phi) is 6.79. The van der Waals surface area contributed by atoms with Crippen LogP contribution in [0.4, 0.5) is 0 Å². The first-order valence-electron chi connectivity index (χ1n) is 6.01. The van der Waals surface area contributed by atoms with Crippen molar-refractivity contribution in [1.82, 2.24) is 5.32 Å². The molecular formula is C15H18ClNO2. The van der Waals surface area contributed by atoms with Crippen molar-refractivity contribution in [1.29, 1.82) is 0 Å². The van der Waals surface area contributed by atoms with E-state index in [4.69, 9.17) is 4.74 Å². The topological polar surface area (TPSA) is 41.5 Å². The molecule has 0 amide bonds. The standard InChI is InChI=1S/C15H17NO2.ClH/c17-14-7-4-8-15(11-14)18-10-9-16-12-13-5-2-1-3-6-13;/h1-8,11,16-17H,9-10,12H2;1H. The van der Waals surface area contributed by atoms with Crippen molar-refractivity contribution in [3.8, 4) is 11.5 Å². The lowest BCUT2D eigenvalue weighted by Gasteiger charge is -2.07. The molecule has 0 unspecified atom stereocenters. The number of benzene rings is 2. The molecule has 0 heterocycles. The Hall–Kier alpha value is -1.71. The number of aromatic hydroxyl groups is 1. The molecule has 0 saturated carbocycles. The average Bonchev–Trinajstić information content (AvgIpc) is 2.40. The molecule has 2 aromatic carbocycles. The largest absolute Gasteiger partial charge is 0.508 e. The number of hydrogen-bond acceptors (Lipinski definition) is 3. The smallest absolute Gasteiger partial charge is 0.123 e. The zero-order chi connectivity index (χ0) is 12.6. The van der Waals surface area contributed by atoms with Gasteiger partial charge in [0.1, 0.15) is 18.1 Å². The lowest BCUT2D eigenvalue weighted by Crippen LogP contribution is -2.20. The summed E-state index contributed by atoms with van der Waals surface area (Å²) in [4.78, 5) is 0. The Balaban J connectivity index is 0.00000180. The minimum Gasteiger partial charge on any atom is -0.508 e. The van der Waals surface area contributed by atoms with E-state index in [2.05, 4.69) is 17.4 Å². The highest BCUT2D eigenvalue weighted by molar-refractivity contribution is 5.85. The van der Waals surface area contributed by atoms with Gasteiger partial charge in [-0.25, -0.2) is 0 Å². The van der Waals surface area contributed by atoms with Crippen molar-refractivity contribution in [2.45, 2.75) is 6.54 Å². The molecule has 19 heavy (non-hydrogen) atoms. The number of phenolic OH excluding ortho intramolecular Hbond substituents is 1. The maximum Gasteiger partial charge on any atom is 0.123 e. The van der Waals surface area contributed by atoms with Gasteiger partial charge in [-0.05, 0) is 17.7 Å². The Morgan fingerprint density at radius 2 is 1.79 bits per heavy atom. The zero-order valence-electron chi connectivity index (χ0n) is 10.6. The monoisotopic (exact) mass is 279 g/mol. The molecule has 2 aromatic rings. The van der Waals surface area contributed by atoms with Crippen LogP contribution in [-0.4, -0.2) is 18.3 Å². The van der Waals surface area contributed by atoms with Crippen molar-refractivity contribution >= 4 is 12.4 Å². The summed E-state index contributed by atoms with van der Waals surface area (Å²) in [6.45, 7) is 2.19. The normalized spacial score (nSPS) is 9.68. The fourth-order valence-electron chi connectivity index (χ4n) is 1.64. The molecule has 0 fully saturated rings. The minimum absolute atomic E-state index is 0. The fraction of sp³-hybridized carbons (Fsp3) is 0.200. The third-order valence-electron chi connectivity index (χ3n) is 2.54. The molecule has 0 spiro atoms. The van der Waals surface area contributed by atoms with Crippen LogP contribution in [-0.2, 0) is 6.54 Å². The summed E-state index contributed by atoms with van der Waals surface area (Å²) in [6, 6.07) is 17.1. The van der Waals surface area contributed by atoms with Crippen LogP contribution in [0.25, 0.3) is 0 Å². The van der Waals surface area contributed by atoms with Gasteiger partial charge in [0, 0.05) is 19.2 Å². The van der Waals surface area contributed by atoms with Gasteiger partial charge >= 0.3 is 0 Å². The zero-order valence-corrected chi connectivity index (χ0v) is 11.4. The number of rotatable bonds is 6. The van der Waals surface area contributed by atoms with E-state index in [1.54, 1.807) is 18.2 Å². The van der Waals surface area contributed by atoms with Crippen LogP contribution in [0.2, 0.25) is 0 Å². The SMILES string of the molecule is Cl.Oc1cccc(OCCNCc2ccccc2)c1. The van der Waals surface area contributed by atoms with Crippen LogP contribution in [0.15, 0.2) is 54.6 Å². The van der Waals surface area contributed by atoms with Crippen molar-refractivity contribution in [2.75, 3.05) is 13.2 Å². The van der Waals surface area contributed by atoms with Crippen LogP contribution in [0.3, 0.4) is 0 Å². The quantitative estimate of drug-likeness (QED) is 0.799. The Morgan fingerprint density at radius 1 is 1.00 bits per heavy atom. The van der Waals surface area contributed by atoms with Gasteiger partial charge in [0.15, 0.2) is 0 Å². The number of nitrogens with one attached hydrogen (secondary N) is 1. The van der Waals surface area contributed by atoms with Gasteiger partial charge in [-0.2, -0.15) is 0 Å². The van der Waals surface area contributed by atoms with E-state index >= 15 is 0 Å². The van der Waals surface area contributed by atoms with Crippen molar-refractivity contribution in [2.24, 2.45) is 0 Å². The van der Waals surface area contributed by atoms with E-state index in [-0.39, 0.29) is 18.2 Å². The summed E-state index contributed by atoms with van der Waals surface area (Å²) >= 11 is 0. The summed E-state index contributed by atoms with van der Waals surface area (Å²) in [7, 11) is 0.